The van der Waals surface area contributed by atoms with Gasteiger partial charge in [0.1, 0.15) is 29.5 Å². The van der Waals surface area contributed by atoms with Gasteiger partial charge in [0.05, 0.1) is 18.8 Å². The fourth-order valence-corrected chi connectivity index (χ4v) is 4.34. The Morgan fingerprint density at radius 1 is 1.14 bits per heavy atom. The predicted molar refractivity (Wildman–Crippen MR) is 139 cm³/mol. The SMILES string of the molecule is CC(C)=C(N=C(C=CN)c1cccc(C[NH+]2CCNCC2(C)C)c1)NCCc1cc(F)cc(F)c1. The third-order valence-corrected chi connectivity index (χ3v) is 6.36. The quantitative estimate of drug-likeness (QED) is 0.416. The summed E-state index contributed by atoms with van der Waals surface area (Å²) < 4.78 is 27.0. The van der Waals surface area contributed by atoms with Gasteiger partial charge in [-0.15, -0.1) is 0 Å². The highest BCUT2D eigenvalue weighted by atomic mass is 19.1. The number of hydrogen-bond donors (Lipinski definition) is 4. The second kappa shape index (κ2) is 12.1. The summed E-state index contributed by atoms with van der Waals surface area (Å²) in [5, 5.41) is 6.81. The second-order valence-electron chi connectivity index (χ2n) is 9.95. The summed E-state index contributed by atoms with van der Waals surface area (Å²) >= 11 is 0. The van der Waals surface area contributed by atoms with Gasteiger partial charge in [-0.05, 0) is 75.7 Å². The minimum Gasteiger partial charge on any atom is -0.405 e. The Kier molecular flexibility index (Phi) is 9.18. The summed E-state index contributed by atoms with van der Waals surface area (Å²) in [4.78, 5) is 6.43. The van der Waals surface area contributed by atoms with Crippen molar-refractivity contribution in [1.82, 2.24) is 10.6 Å². The lowest BCUT2D eigenvalue weighted by Crippen LogP contribution is -3.21. The minimum atomic E-state index is -0.568. The molecule has 1 aliphatic heterocycles. The molecule has 1 heterocycles. The van der Waals surface area contributed by atoms with Crippen molar-refractivity contribution in [1.29, 1.82) is 0 Å². The Balaban J connectivity index is 1.77. The van der Waals surface area contributed by atoms with E-state index < -0.39 is 11.6 Å². The summed E-state index contributed by atoms with van der Waals surface area (Å²) in [5.41, 5.74) is 10.5. The summed E-state index contributed by atoms with van der Waals surface area (Å²) in [5.74, 6) is -0.419. The van der Waals surface area contributed by atoms with Crippen LogP contribution in [0.3, 0.4) is 0 Å². The van der Waals surface area contributed by atoms with Gasteiger partial charge in [0.15, 0.2) is 0 Å². The minimum absolute atomic E-state index is 0.173. The normalized spacial score (nSPS) is 18.0. The molecule has 0 aromatic heterocycles. The van der Waals surface area contributed by atoms with Crippen molar-refractivity contribution in [3.8, 4) is 0 Å². The largest absolute Gasteiger partial charge is 0.405 e. The monoisotopic (exact) mass is 482 g/mol. The average molecular weight is 483 g/mol. The van der Waals surface area contributed by atoms with Gasteiger partial charge in [-0.3, -0.25) is 0 Å². The topological polar surface area (TPSA) is 66.9 Å². The molecular formula is C28H38F2N5+. The van der Waals surface area contributed by atoms with Crippen molar-refractivity contribution in [2.24, 2.45) is 10.7 Å². The molecule has 0 bridgehead atoms. The Morgan fingerprint density at radius 2 is 1.89 bits per heavy atom. The van der Waals surface area contributed by atoms with Crippen molar-refractivity contribution in [3.63, 3.8) is 0 Å². The first-order valence-electron chi connectivity index (χ1n) is 12.2. The standard InChI is InChI=1S/C28H37F2N5/c1-20(2)27(33-11-9-21-15-24(29)17-25(30)16-21)34-26(8-10-31)23-7-5-6-22(14-23)18-35-13-12-32-19-28(35,3)4/h5-8,10,14-17,32-33H,9,11-13,18-19,31H2,1-4H3/p+1. The van der Waals surface area contributed by atoms with Crippen LogP contribution in [0, 0.1) is 11.6 Å². The Morgan fingerprint density at radius 3 is 2.54 bits per heavy atom. The van der Waals surface area contributed by atoms with Gasteiger partial charge in [0, 0.05) is 30.3 Å². The maximum Gasteiger partial charge on any atom is 0.126 e. The number of nitrogens with one attached hydrogen (secondary N) is 3. The Hall–Kier alpha value is -3.03. The molecule has 5 nitrogen and oxygen atoms in total. The molecule has 1 aliphatic rings. The van der Waals surface area contributed by atoms with E-state index in [9.17, 15) is 8.78 Å². The highest BCUT2D eigenvalue weighted by Crippen LogP contribution is 2.13. The molecular weight excluding hydrogens is 444 g/mol. The zero-order chi connectivity index (χ0) is 25.4. The molecule has 1 fully saturated rings. The van der Waals surface area contributed by atoms with Crippen LogP contribution in [-0.2, 0) is 13.0 Å². The van der Waals surface area contributed by atoms with Gasteiger partial charge in [0.25, 0.3) is 0 Å². The summed E-state index contributed by atoms with van der Waals surface area (Å²) in [6.45, 7) is 13.1. The van der Waals surface area contributed by atoms with Crippen molar-refractivity contribution in [2.45, 2.75) is 46.2 Å². The van der Waals surface area contributed by atoms with E-state index in [-0.39, 0.29) is 5.54 Å². The first-order chi connectivity index (χ1) is 16.7. The zero-order valence-electron chi connectivity index (χ0n) is 21.2. The lowest BCUT2D eigenvalue weighted by atomic mass is 9.98. The second-order valence-corrected chi connectivity index (χ2v) is 9.95. The van der Waals surface area contributed by atoms with Crippen molar-refractivity contribution >= 4 is 5.71 Å². The fraction of sp³-hybridized carbons (Fsp3) is 0.393. The highest BCUT2D eigenvalue weighted by Gasteiger charge is 2.33. The maximum absolute atomic E-state index is 13.5. The fourth-order valence-electron chi connectivity index (χ4n) is 4.34. The number of nitrogens with two attached hydrogens (primary N) is 1. The van der Waals surface area contributed by atoms with Crippen LogP contribution in [0.25, 0.3) is 0 Å². The third kappa shape index (κ3) is 7.73. The number of benzene rings is 2. The van der Waals surface area contributed by atoms with E-state index in [1.807, 2.05) is 19.9 Å². The van der Waals surface area contributed by atoms with E-state index in [0.717, 1.165) is 49.1 Å². The van der Waals surface area contributed by atoms with Crippen LogP contribution in [0.4, 0.5) is 8.78 Å². The molecule has 1 atom stereocenters. The lowest BCUT2D eigenvalue weighted by molar-refractivity contribution is -0.963. The van der Waals surface area contributed by atoms with E-state index in [2.05, 4.69) is 42.7 Å². The van der Waals surface area contributed by atoms with Crippen LogP contribution < -0.4 is 21.3 Å². The van der Waals surface area contributed by atoms with E-state index in [1.54, 1.807) is 11.0 Å². The molecule has 0 aliphatic carbocycles. The molecule has 5 N–H and O–H groups in total. The van der Waals surface area contributed by atoms with Gasteiger partial charge in [-0.1, -0.05) is 18.2 Å². The molecule has 0 amide bonds. The van der Waals surface area contributed by atoms with Crippen molar-refractivity contribution < 1.29 is 13.7 Å². The van der Waals surface area contributed by atoms with Gasteiger partial charge < -0.3 is 21.3 Å². The first kappa shape index (κ1) is 26.6. The highest BCUT2D eigenvalue weighted by molar-refractivity contribution is 6.09. The number of quaternary nitrogens is 1. The maximum atomic E-state index is 13.5. The van der Waals surface area contributed by atoms with Gasteiger partial charge in [-0.2, -0.15) is 0 Å². The lowest BCUT2D eigenvalue weighted by Gasteiger charge is -2.39. The third-order valence-electron chi connectivity index (χ3n) is 6.36. The van der Waals surface area contributed by atoms with Gasteiger partial charge in [-0.25, -0.2) is 13.8 Å². The summed E-state index contributed by atoms with van der Waals surface area (Å²) in [7, 11) is 0. The van der Waals surface area contributed by atoms with Crippen molar-refractivity contribution in [3.05, 3.63) is 94.5 Å². The van der Waals surface area contributed by atoms with Crippen LogP contribution >= 0.6 is 0 Å². The smallest absolute Gasteiger partial charge is 0.126 e. The molecule has 2 aromatic carbocycles. The number of halogens is 2. The summed E-state index contributed by atoms with van der Waals surface area (Å²) in [6, 6.07) is 12.0. The zero-order valence-corrected chi connectivity index (χ0v) is 21.2. The number of hydrogen-bond acceptors (Lipinski definition) is 4. The molecule has 0 radical (unpaired) electrons. The van der Waals surface area contributed by atoms with Crippen LogP contribution in [0.2, 0.25) is 0 Å². The Bertz CT molecular complexity index is 1080. The van der Waals surface area contributed by atoms with Crippen molar-refractivity contribution in [2.75, 3.05) is 26.2 Å². The average Bonchev–Trinajstić information content (AvgIpc) is 2.78. The molecule has 35 heavy (non-hydrogen) atoms. The van der Waals surface area contributed by atoms with E-state index >= 15 is 0 Å². The number of piperazine rings is 1. The molecule has 0 saturated carbocycles. The molecule has 2 aromatic rings. The van der Waals surface area contributed by atoms with Gasteiger partial charge in [0.2, 0.25) is 0 Å². The van der Waals surface area contributed by atoms with Crippen LogP contribution in [-0.4, -0.2) is 37.4 Å². The van der Waals surface area contributed by atoms with E-state index in [4.69, 9.17) is 10.7 Å². The molecule has 7 heteroatoms. The molecule has 188 valence electrons. The van der Waals surface area contributed by atoms with Crippen LogP contribution in [0.1, 0.15) is 44.4 Å². The Labute approximate surface area is 207 Å². The number of aliphatic imine (C=N–C) groups is 1. The predicted octanol–water partition coefficient (Wildman–Crippen LogP) is 3.08. The molecule has 1 saturated heterocycles. The first-order valence-corrected chi connectivity index (χ1v) is 12.2. The van der Waals surface area contributed by atoms with E-state index in [1.165, 1.54) is 23.9 Å². The number of nitrogens with zero attached hydrogens (tertiary/aromatic N) is 1. The molecule has 1 unspecified atom stereocenters. The number of rotatable bonds is 9. The van der Waals surface area contributed by atoms with Crippen LogP contribution in [0.15, 0.2) is 71.1 Å². The number of allylic oxidation sites excluding steroid dienone is 2. The van der Waals surface area contributed by atoms with E-state index in [0.29, 0.717) is 24.4 Å². The van der Waals surface area contributed by atoms with Crippen LogP contribution in [0.5, 0.6) is 0 Å². The molecule has 3 rings (SSSR count). The molecule has 0 spiro atoms. The van der Waals surface area contributed by atoms with Gasteiger partial charge >= 0.3 is 0 Å². The summed E-state index contributed by atoms with van der Waals surface area (Å²) in [6.07, 6.45) is 3.77.